The van der Waals surface area contributed by atoms with Gasteiger partial charge in [0.25, 0.3) is 0 Å². The maximum atomic E-state index is 13.0. The lowest BCUT2D eigenvalue weighted by molar-refractivity contribution is 0.0692. The van der Waals surface area contributed by atoms with Crippen molar-refractivity contribution in [3.8, 4) is 0 Å². The van der Waals surface area contributed by atoms with Crippen LogP contribution in [0.15, 0.2) is 52.5 Å². The number of carboxylic acids is 1. The summed E-state index contributed by atoms with van der Waals surface area (Å²) in [7, 11) is 0. The van der Waals surface area contributed by atoms with E-state index in [2.05, 4.69) is 4.98 Å². The zero-order chi connectivity index (χ0) is 12.3. The maximum absolute atomic E-state index is 13.0. The van der Waals surface area contributed by atoms with Gasteiger partial charge in [-0.25, -0.2) is 14.2 Å². The van der Waals surface area contributed by atoms with E-state index in [1.54, 1.807) is 18.2 Å². The monoisotopic (exact) mass is 249 g/mol. The molecule has 0 saturated carbocycles. The topological polar surface area (TPSA) is 50.2 Å². The number of carbonyl (C=O) groups is 1. The molecule has 0 spiro atoms. The molecule has 0 unspecified atom stereocenters. The summed E-state index contributed by atoms with van der Waals surface area (Å²) in [6, 6.07) is 8.97. The molecule has 17 heavy (non-hydrogen) atoms. The van der Waals surface area contributed by atoms with E-state index in [-0.39, 0.29) is 11.4 Å². The Morgan fingerprint density at radius 2 is 2.12 bits per heavy atom. The van der Waals surface area contributed by atoms with Crippen LogP contribution in [0.25, 0.3) is 0 Å². The number of nitrogens with zero attached hydrogens (tertiary/aromatic N) is 1. The lowest BCUT2D eigenvalue weighted by Crippen LogP contribution is -1.99. The van der Waals surface area contributed by atoms with Crippen LogP contribution in [0.5, 0.6) is 0 Å². The van der Waals surface area contributed by atoms with Crippen LogP contribution in [0.3, 0.4) is 0 Å². The van der Waals surface area contributed by atoms with Crippen molar-refractivity contribution in [2.75, 3.05) is 0 Å². The standard InChI is InChI=1S/C12H8FNO2S/c13-8-3-1-4-9(7-8)17-11-10(12(15)16)5-2-6-14-11/h1-7H,(H,15,16). The highest BCUT2D eigenvalue weighted by molar-refractivity contribution is 7.99. The minimum atomic E-state index is -1.04. The Balaban J connectivity index is 2.33. The number of rotatable bonds is 3. The van der Waals surface area contributed by atoms with Gasteiger partial charge < -0.3 is 5.11 Å². The van der Waals surface area contributed by atoms with Crippen molar-refractivity contribution in [3.05, 3.63) is 54.0 Å². The zero-order valence-electron chi connectivity index (χ0n) is 8.63. The van der Waals surface area contributed by atoms with Gasteiger partial charge >= 0.3 is 5.97 Å². The van der Waals surface area contributed by atoms with Gasteiger partial charge in [-0.05, 0) is 30.3 Å². The number of pyridine rings is 1. The smallest absolute Gasteiger partial charge is 0.338 e. The first-order chi connectivity index (χ1) is 8.16. The lowest BCUT2D eigenvalue weighted by Gasteiger charge is -2.04. The molecule has 0 atom stereocenters. The second-order valence-corrected chi connectivity index (χ2v) is 4.28. The van der Waals surface area contributed by atoms with Crippen molar-refractivity contribution in [1.82, 2.24) is 4.98 Å². The Morgan fingerprint density at radius 3 is 2.82 bits per heavy atom. The third-order valence-corrected chi connectivity index (χ3v) is 3.02. The Morgan fingerprint density at radius 1 is 1.29 bits per heavy atom. The highest BCUT2D eigenvalue weighted by Gasteiger charge is 2.11. The molecule has 0 aliphatic heterocycles. The molecule has 2 aromatic rings. The van der Waals surface area contributed by atoms with Crippen LogP contribution in [-0.4, -0.2) is 16.1 Å². The molecule has 2 rings (SSSR count). The fourth-order valence-electron chi connectivity index (χ4n) is 1.28. The number of aromatic carboxylic acids is 1. The molecule has 3 nitrogen and oxygen atoms in total. The molecular weight excluding hydrogens is 241 g/mol. The summed E-state index contributed by atoms with van der Waals surface area (Å²) in [5, 5.41) is 9.32. The predicted molar refractivity (Wildman–Crippen MR) is 61.7 cm³/mol. The highest BCUT2D eigenvalue weighted by Crippen LogP contribution is 2.28. The minimum Gasteiger partial charge on any atom is -0.478 e. The number of halogens is 1. The van der Waals surface area contributed by atoms with Crippen molar-refractivity contribution in [2.24, 2.45) is 0 Å². The molecule has 1 N–H and O–H groups in total. The molecule has 5 heteroatoms. The summed E-state index contributed by atoms with van der Waals surface area (Å²) in [5.74, 6) is -1.40. The second kappa shape index (κ2) is 4.97. The molecule has 1 heterocycles. The molecule has 0 aliphatic rings. The fraction of sp³-hybridized carbons (Fsp3) is 0. The van der Waals surface area contributed by atoms with Gasteiger partial charge in [-0.2, -0.15) is 0 Å². The molecule has 0 aliphatic carbocycles. The molecule has 86 valence electrons. The average molecular weight is 249 g/mol. The predicted octanol–water partition coefficient (Wildman–Crippen LogP) is 3.07. The first-order valence-electron chi connectivity index (χ1n) is 4.78. The average Bonchev–Trinajstić information content (AvgIpc) is 2.29. The van der Waals surface area contributed by atoms with E-state index in [4.69, 9.17) is 5.11 Å². The van der Waals surface area contributed by atoms with Crippen LogP contribution in [0.1, 0.15) is 10.4 Å². The van der Waals surface area contributed by atoms with E-state index in [0.29, 0.717) is 9.92 Å². The molecule has 0 fully saturated rings. The van der Waals surface area contributed by atoms with Gasteiger partial charge in [0.1, 0.15) is 10.8 Å². The van der Waals surface area contributed by atoms with Crippen molar-refractivity contribution >= 4 is 17.7 Å². The molecular formula is C12H8FNO2S. The van der Waals surface area contributed by atoms with E-state index in [1.165, 1.54) is 24.4 Å². The number of benzene rings is 1. The molecule has 1 aromatic carbocycles. The van der Waals surface area contributed by atoms with Crippen LogP contribution >= 0.6 is 11.8 Å². The Bertz CT molecular complexity index is 560. The number of carboxylic acid groups (broad SMARTS) is 1. The van der Waals surface area contributed by atoms with E-state index in [1.807, 2.05) is 0 Å². The lowest BCUT2D eigenvalue weighted by atomic mass is 10.3. The third-order valence-electron chi connectivity index (χ3n) is 2.01. The van der Waals surface area contributed by atoms with Gasteiger partial charge in [0.15, 0.2) is 0 Å². The molecule has 0 saturated heterocycles. The van der Waals surface area contributed by atoms with Gasteiger partial charge in [0.05, 0.1) is 5.56 Å². The SMILES string of the molecule is O=C(O)c1cccnc1Sc1cccc(F)c1. The summed E-state index contributed by atoms with van der Waals surface area (Å²) in [6.07, 6.45) is 1.51. The fourth-order valence-corrected chi connectivity index (χ4v) is 2.20. The summed E-state index contributed by atoms with van der Waals surface area (Å²) in [6.45, 7) is 0. The summed E-state index contributed by atoms with van der Waals surface area (Å²) >= 11 is 1.12. The number of hydrogen-bond acceptors (Lipinski definition) is 3. The quantitative estimate of drug-likeness (QED) is 0.908. The Kier molecular flexibility index (Phi) is 3.39. The van der Waals surface area contributed by atoms with Gasteiger partial charge in [0.2, 0.25) is 0 Å². The van der Waals surface area contributed by atoms with Gasteiger partial charge in [-0.1, -0.05) is 17.8 Å². The van der Waals surface area contributed by atoms with Crippen molar-refractivity contribution in [3.63, 3.8) is 0 Å². The van der Waals surface area contributed by atoms with E-state index in [0.717, 1.165) is 11.8 Å². The van der Waals surface area contributed by atoms with Gasteiger partial charge in [-0.15, -0.1) is 0 Å². The van der Waals surface area contributed by atoms with Crippen molar-refractivity contribution in [2.45, 2.75) is 9.92 Å². The Hall–Kier alpha value is -1.88. The van der Waals surface area contributed by atoms with E-state index in [9.17, 15) is 9.18 Å². The van der Waals surface area contributed by atoms with Gasteiger partial charge in [-0.3, -0.25) is 0 Å². The second-order valence-electron chi connectivity index (χ2n) is 3.22. The first-order valence-corrected chi connectivity index (χ1v) is 5.60. The normalized spacial score (nSPS) is 10.2. The van der Waals surface area contributed by atoms with Crippen LogP contribution < -0.4 is 0 Å². The largest absolute Gasteiger partial charge is 0.478 e. The van der Waals surface area contributed by atoms with Crippen molar-refractivity contribution in [1.29, 1.82) is 0 Å². The zero-order valence-corrected chi connectivity index (χ0v) is 9.45. The molecule has 0 radical (unpaired) electrons. The van der Waals surface area contributed by atoms with Crippen LogP contribution in [0.2, 0.25) is 0 Å². The van der Waals surface area contributed by atoms with Crippen LogP contribution in [0, 0.1) is 5.82 Å². The number of aromatic nitrogens is 1. The summed E-state index contributed by atoms with van der Waals surface area (Å²) < 4.78 is 13.0. The van der Waals surface area contributed by atoms with Crippen molar-refractivity contribution < 1.29 is 14.3 Å². The Labute approximate surface area is 101 Å². The summed E-state index contributed by atoms with van der Waals surface area (Å²) in [5.41, 5.74) is 0.113. The van der Waals surface area contributed by atoms with Gasteiger partial charge in [0, 0.05) is 11.1 Å². The van der Waals surface area contributed by atoms with E-state index >= 15 is 0 Å². The molecule has 1 aromatic heterocycles. The third kappa shape index (κ3) is 2.82. The first kappa shape index (κ1) is 11.6. The van der Waals surface area contributed by atoms with Crippen LogP contribution in [0.4, 0.5) is 4.39 Å². The molecule has 0 amide bonds. The highest BCUT2D eigenvalue weighted by atomic mass is 32.2. The maximum Gasteiger partial charge on any atom is 0.338 e. The minimum absolute atomic E-state index is 0.113. The summed E-state index contributed by atoms with van der Waals surface area (Å²) in [4.78, 5) is 15.6. The van der Waals surface area contributed by atoms with Crippen LogP contribution in [-0.2, 0) is 0 Å². The molecule has 0 bridgehead atoms. The number of hydrogen-bond donors (Lipinski definition) is 1. The van der Waals surface area contributed by atoms with E-state index < -0.39 is 5.97 Å².